The molecule has 0 aromatic heterocycles. The largest absolute Gasteiger partial charge is 0.352 e. The van der Waals surface area contributed by atoms with E-state index in [1.165, 1.54) is 4.90 Å². The van der Waals surface area contributed by atoms with Crippen molar-refractivity contribution in [3.8, 4) is 0 Å². The van der Waals surface area contributed by atoms with Crippen LogP contribution in [0.15, 0.2) is 48.5 Å². The summed E-state index contributed by atoms with van der Waals surface area (Å²) in [6.45, 7) is 5.92. The van der Waals surface area contributed by atoms with Gasteiger partial charge in [-0.3, -0.25) is 24.1 Å². The lowest BCUT2D eigenvalue weighted by Crippen LogP contribution is -2.50. The molecule has 0 fully saturated rings. The number of imide groups is 1. The van der Waals surface area contributed by atoms with Crippen LogP contribution in [0.3, 0.4) is 0 Å². The van der Waals surface area contributed by atoms with E-state index in [0.29, 0.717) is 29.0 Å². The summed E-state index contributed by atoms with van der Waals surface area (Å²) in [7, 11) is 0. The molecule has 1 aliphatic heterocycles. The fourth-order valence-corrected chi connectivity index (χ4v) is 4.28. The van der Waals surface area contributed by atoms with Crippen LogP contribution in [-0.2, 0) is 16.1 Å². The molecule has 0 spiro atoms. The molecule has 0 saturated carbocycles. The Labute approximate surface area is 205 Å². The quantitative estimate of drug-likeness (QED) is 0.516. The zero-order valence-corrected chi connectivity index (χ0v) is 20.5. The number of amides is 4. The monoisotopic (exact) mass is 483 g/mol. The number of hydrogen-bond donors (Lipinski definition) is 1. The molecule has 180 valence electrons. The van der Waals surface area contributed by atoms with Crippen molar-refractivity contribution in [3.05, 3.63) is 70.2 Å². The molecule has 1 unspecified atom stereocenters. The first-order chi connectivity index (χ1) is 16.2. The molecule has 1 N–H and O–H groups in total. The Hall–Kier alpha value is -3.19. The summed E-state index contributed by atoms with van der Waals surface area (Å²) in [5.74, 6) is -1.15. The molecule has 2 aromatic rings. The molecule has 0 radical (unpaired) electrons. The van der Waals surface area contributed by atoms with E-state index >= 15 is 0 Å². The van der Waals surface area contributed by atoms with Crippen LogP contribution in [0.5, 0.6) is 0 Å². The number of carbonyl (C=O) groups is 4. The highest BCUT2D eigenvalue weighted by Crippen LogP contribution is 2.24. The van der Waals surface area contributed by atoms with E-state index in [0.717, 1.165) is 5.56 Å². The van der Waals surface area contributed by atoms with Gasteiger partial charge in [0, 0.05) is 30.6 Å². The molecule has 7 nitrogen and oxygen atoms in total. The van der Waals surface area contributed by atoms with Crippen molar-refractivity contribution in [2.45, 2.75) is 58.7 Å². The topological polar surface area (TPSA) is 86.8 Å². The third kappa shape index (κ3) is 5.65. The molecule has 34 heavy (non-hydrogen) atoms. The van der Waals surface area contributed by atoms with E-state index in [1.807, 2.05) is 39.0 Å². The highest BCUT2D eigenvalue weighted by molar-refractivity contribution is 6.31. The van der Waals surface area contributed by atoms with Gasteiger partial charge in [0.2, 0.25) is 11.8 Å². The van der Waals surface area contributed by atoms with Crippen LogP contribution in [0.1, 0.15) is 66.3 Å². The number of carbonyl (C=O) groups excluding carboxylic acids is 4. The molecule has 8 heteroatoms. The Balaban J connectivity index is 1.72. The second kappa shape index (κ2) is 11.3. The van der Waals surface area contributed by atoms with Crippen molar-refractivity contribution in [1.29, 1.82) is 0 Å². The molecule has 1 atom stereocenters. The fraction of sp³-hybridized carbons (Fsp3) is 0.385. The standard InChI is InChI=1S/C26H30ClN3O4/c1-4-22(24(32)28-17(2)3)30(16-18-10-5-8-13-21(18)27)23(31)14-9-15-29-25(33)19-11-6-7-12-20(19)26(29)34/h5-8,10-13,17,22H,4,9,14-16H2,1-3H3,(H,28,32). The number of benzene rings is 2. The maximum absolute atomic E-state index is 13.3. The number of nitrogens with one attached hydrogen (secondary N) is 1. The molecule has 4 amide bonds. The van der Waals surface area contributed by atoms with Gasteiger partial charge in [0.1, 0.15) is 6.04 Å². The number of rotatable bonds is 10. The van der Waals surface area contributed by atoms with Crippen molar-refractivity contribution in [2.75, 3.05) is 6.54 Å². The van der Waals surface area contributed by atoms with Gasteiger partial charge in [0.25, 0.3) is 11.8 Å². The first-order valence-corrected chi connectivity index (χ1v) is 11.9. The lowest BCUT2D eigenvalue weighted by atomic mass is 10.1. The summed E-state index contributed by atoms with van der Waals surface area (Å²) in [4.78, 5) is 54.1. The normalized spacial score (nSPS) is 13.7. The van der Waals surface area contributed by atoms with Crippen LogP contribution in [0, 0.1) is 0 Å². The maximum Gasteiger partial charge on any atom is 0.261 e. The van der Waals surface area contributed by atoms with Crippen molar-refractivity contribution in [3.63, 3.8) is 0 Å². The zero-order valence-electron chi connectivity index (χ0n) is 19.7. The molecule has 2 aromatic carbocycles. The van der Waals surface area contributed by atoms with Gasteiger partial charge in [-0.1, -0.05) is 48.9 Å². The molecular formula is C26H30ClN3O4. The van der Waals surface area contributed by atoms with Crippen molar-refractivity contribution in [2.24, 2.45) is 0 Å². The van der Waals surface area contributed by atoms with Gasteiger partial charge in [0.15, 0.2) is 0 Å². The highest BCUT2D eigenvalue weighted by atomic mass is 35.5. The van der Waals surface area contributed by atoms with E-state index in [4.69, 9.17) is 11.6 Å². The average molecular weight is 484 g/mol. The van der Waals surface area contributed by atoms with Crippen LogP contribution in [0.4, 0.5) is 0 Å². The Bertz CT molecular complexity index is 1050. The average Bonchev–Trinajstić information content (AvgIpc) is 3.04. The van der Waals surface area contributed by atoms with Crippen molar-refractivity contribution >= 4 is 35.2 Å². The summed E-state index contributed by atoms with van der Waals surface area (Å²) in [5, 5.41) is 3.41. The third-order valence-corrected chi connectivity index (χ3v) is 6.13. The van der Waals surface area contributed by atoms with Crippen molar-refractivity contribution in [1.82, 2.24) is 15.1 Å². The molecular weight excluding hydrogens is 454 g/mol. The third-order valence-electron chi connectivity index (χ3n) is 5.77. The zero-order chi connectivity index (χ0) is 24.8. The number of halogens is 1. The van der Waals surface area contributed by atoms with Crippen LogP contribution in [-0.4, -0.2) is 52.1 Å². The maximum atomic E-state index is 13.3. The molecule has 1 heterocycles. The summed E-state index contributed by atoms with van der Waals surface area (Å²) >= 11 is 6.33. The predicted octanol–water partition coefficient (Wildman–Crippen LogP) is 4.05. The summed E-state index contributed by atoms with van der Waals surface area (Å²) in [5.41, 5.74) is 1.51. The van der Waals surface area contributed by atoms with Gasteiger partial charge in [0.05, 0.1) is 11.1 Å². The highest BCUT2D eigenvalue weighted by Gasteiger charge is 2.35. The molecule has 0 aliphatic carbocycles. The Morgan fingerprint density at radius 1 is 1.00 bits per heavy atom. The van der Waals surface area contributed by atoms with Gasteiger partial charge in [-0.25, -0.2) is 0 Å². The Morgan fingerprint density at radius 3 is 2.15 bits per heavy atom. The second-order valence-corrected chi connectivity index (χ2v) is 9.02. The number of nitrogens with zero attached hydrogens (tertiary/aromatic N) is 2. The minimum absolute atomic E-state index is 0.0624. The fourth-order valence-electron chi connectivity index (χ4n) is 4.08. The molecule has 0 bridgehead atoms. The van der Waals surface area contributed by atoms with E-state index < -0.39 is 6.04 Å². The lowest BCUT2D eigenvalue weighted by molar-refractivity contribution is -0.141. The first-order valence-electron chi connectivity index (χ1n) is 11.5. The Kier molecular flexibility index (Phi) is 8.45. The van der Waals surface area contributed by atoms with Crippen LogP contribution < -0.4 is 5.32 Å². The van der Waals surface area contributed by atoms with E-state index in [2.05, 4.69) is 5.32 Å². The van der Waals surface area contributed by atoms with Gasteiger partial charge >= 0.3 is 0 Å². The van der Waals surface area contributed by atoms with Gasteiger partial charge in [-0.15, -0.1) is 0 Å². The first kappa shape index (κ1) is 25.4. The van der Waals surface area contributed by atoms with Gasteiger partial charge in [-0.2, -0.15) is 0 Å². The minimum Gasteiger partial charge on any atom is -0.352 e. The smallest absolute Gasteiger partial charge is 0.261 e. The molecule has 3 rings (SSSR count). The molecule has 0 saturated heterocycles. The van der Waals surface area contributed by atoms with E-state index in [1.54, 1.807) is 35.2 Å². The lowest BCUT2D eigenvalue weighted by Gasteiger charge is -2.31. The van der Waals surface area contributed by atoms with Crippen molar-refractivity contribution < 1.29 is 19.2 Å². The second-order valence-electron chi connectivity index (χ2n) is 8.61. The predicted molar refractivity (Wildman–Crippen MR) is 130 cm³/mol. The minimum atomic E-state index is -0.662. The summed E-state index contributed by atoms with van der Waals surface area (Å²) in [6, 6.07) is 13.2. The van der Waals surface area contributed by atoms with E-state index in [-0.39, 0.29) is 49.2 Å². The molecule has 1 aliphatic rings. The number of fused-ring (bicyclic) bond motifs is 1. The van der Waals surface area contributed by atoms with Gasteiger partial charge < -0.3 is 10.2 Å². The van der Waals surface area contributed by atoms with E-state index in [9.17, 15) is 19.2 Å². The SMILES string of the molecule is CCC(C(=O)NC(C)C)N(Cc1ccccc1Cl)C(=O)CCCN1C(=O)c2ccccc2C1=O. The van der Waals surface area contributed by atoms with Crippen LogP contribution in [0.2, 0.25) is 5.02 Å². The summed E-state index contributed by atoms with van der Waals surface area (Å²) in [6.07, 6.45) is 0.821. The summed E-state index contributed by atoms with van der Waals surface area (Å²) < 4.78 is 0. The number of hydrogen-bond acceptors (Lipinski definition) is 4. The van der Waals surface area contributed by atoms with Crippen LogP contribution in [0.25, 0.3) is 0 Å². The van der Waals surface area contributed by atoms with Gasteiger partial charge in [-0.05, 0) is 50.5 Å². The Morgan fingerprint density at radius 2 is 1.59 bits per heavy atom. The van der Waals surface area contributed by atoms with Crippen LogP contribution >= 0.6 is 11.6 Å².